The van der Waals surface area contributed by atoms with E-state index < -0.39 is 0 Å². The second kappa shape index (κ2) is 12.0. The van der Waals surface area contributed by atoms with Crippen LogP contribution in [0.25, 0.3) is 11.4 Å². The van der Waals surface area contributed by atoms with Gasteiger partial charge in [-0.25, -0.2) is 4.39 Å². The number of hydrogen-bond donors (Lipinski definition) is 1. The topological polar surface area (TPSA) is 71.3 Å². The van der Waals surface area contributed by atoms with E-state index in [0.717, 1.165) is 42.7 Å². The van der Waals surface area contributed by atoms with Crippen molar-refractivity contribution in [3.05, 3.63) is 71.9 Å². The average molecular weight is 469 g/mol. The van der Waals surface area contributed by atoms with Crippen molar-refractivity contribution in [2.75, 3.05) is 25.4 Å². The molecule has 0 aliphatic carbocycles. The molecule has 4 rings (SSSR count). The number of nitrogens with zero attached hydrogens (tertiary/aromatic N) is 3. The van der Waals surface area contributed by atoms with Crippen LogP contribution in [0.15, 0.2) is 59.1 Å². The highest BCUT2D eigenvalue weighted by atomic mass is 32.2. The standard InChI is InChI=1S/C25H29FN4O2S/c26-22-12-5-4-10-21(22)18-33-15-7-13-27-25(31)20-11-6-14-30(16-20)17-23-28-24(29-32-23)19-8-2-1-3-9-19/h1-5,8-10,12,20H,6-7,11,13-18H2,(H,27,31). The Hall–Kier alpha value is -2.71. The van der Waals surface area contributed by atoms with E-state index in [0.29, 0.717) is 37.1 Å². The number of nitrogens with one attached hydrogen (secondary N) is 1. The lowest BCUT2D eigenvalue weighted by molar-refractivity contribution is -0.126. The van der Waals surface area contributed by atoms with Crippen molar-refractivity contribution in [3.8, 4) is 11.4 Å². The number of amides is 1. The van der Waals surface area contributed by atoms with E-state index in [9.17, 15) is 9.18 Å². The predicted molar refractivity (Wildman–Crippen MR) is 128 cm³/mol. The van der Waals surface area contributed by atoms with Gasteiger partial charge in [-0.3, -0.25) is 9.69 Å². The van der Waals surface area contributed by atoms with Crippen molar-refractivity contribution in [2.24, 2.45) is 5.92 Å². The van der Waals surface area contributed by atoms with E-state index in [1.807, 2.05) is 42.5 Å². The number of likely N-dealkylation sites (tertiary alicyclic amines) is 1. The van der Waals surface area contributed by atoms with Gasteiger partial charge in [0.2, 0.25) is 17.6 Å². The first kappa shape index (κ1) is 23.4. The first-order valence-electron chi connectivity index (χ1n) is 11.4. The molecule has 1 unspecified atom stereocenters. The van der Waals surface area contributed by atoms with E-state index in [2.05, 4.69) is 20.4 Å². The molecule has 174 valence electrons. The molecule has 6 nitrogen and oxygen atoms in total. The first-order chi connectivity index (χ1) is 16.2. The van der Waals surface area contributed by atoms with Gasteiger partial charge in [0.1, 0.15) is 5.82 Å². The molecule has 2 aromatic carbocycles. The molecule has 0 radical (unpaired) electrons. The summed E-state index contributed by atoms with van der Waals surface area (Å²) in [6.07, 6.45) is 2.73. The van der Waals surface area contributed by atoms with Crippen molar-refractivity contribution in [3.63, 3.8) is 0 Å². The molecule has 1 saturated heterocycles. The van der Waals surface area contributed by atoms with Crippen LogP contribution in [0.5, 0.6) is 0 Å². The van der Waals surface area contributed by atoms with Crippen molar-refractivity contribution >= 4 is 17.7 Å². The number of piperidine rings is 1. The molecule has 8 heteroatoms. The van der Waals surface area contributed by atoms with E-state index in [1.165, 1.54) is 6.07 Å². The summed E-state index contributed by atoms with van der Waals surface area (Å²) < 4.78 is 19.1. The molecule has 2 heterocycles. The molecule has 1 aliphatic rings. The minimum absolute atomic E-state index is 0.0265. The van der Waals surface area contributed by atoms with E-state index >= 15 is 0 Å². The minimum atomic E-state index is -0.156. The Bertz CT molecular complexity index is 1030. The normalized spacial score (nSPS) is 16.6. The third kappa shape index (κ3) is 6.88. The fourth-order valence-electron chi connectivity index (χ4n) is 3.96. The number of carbonyl (C=O) groups is 1. The summed E-state index contributed by atoms with van der Waals surface area (Å²) in [6.45, 7) is 2.80. The second-order valence-corrected chi connectivity index (χ2v) is 9.35. The van der Waals surface area contributed by atoms with Gasteiger partial charge >= 0.3 is 0 Å². The summed E-state index contributed by atoms with van der Waals surface area (Å²) in [5, 5.41) is 7.15. The van der Waals surface area contributed by atoms with Gasteiger partial charge in [0, 0.05) is 24.4 Å². The molecular formula is C25H29FN4O2S. The average Bonchev–Trinajstić information content (AvgIpc) is 3.31. The van der Waals surface area contributed by atoms with Crippen LogP contribution in [0.2, 0.25) is 0 Å². The van der Waals surface area contributed by atoms with Crippen LogP contribution in [0, 0.1) is 11.7 Å². The number of aromatic nitrogens is 2. The van der Waals surface area contributed by atoms with Gasteiger partial charge < -0.3 is 9.84 Å². The molecule has 0 saturated carbocycles. The SMILES string of the molecule is O=C(NCCCSCc1ccccc1F)C1CCCN(Cc2nc(-c3ccccc3)no2)C1. The largest absolute Gasteiger partial charge is 0.356 e. The summed E-state index contributed by atoms with van der Waals surface area (Å²) in [4.78, 5) is 19.4. The highest BCUT2D eigenvalue weighted by molar-refractivity contribution is 7.98. The third-order valence-electron chi connectivity index (χ3n) is 5.72. The lowest BCUT2D eigenvalue weighted by atomic mass is 9.97. The maximum Gasteiger partial charge on any atom is 0.241 e. The summed E-state index contributed by atoms with van der Waals surface area (Å²) in [7, 11) is 0. The molecule has 33 heavy (non-hydrogen) atoms. The molecule has 1 aromatic heterocycles. The molecule has 1 N–H and O–H groups in total. The quantitative estimate of drug-likeness (QED) is 0.441. The molecule has 1 fully saturated rings. The van der Waals surface area contributed by atoms with Gasteiger partial charge in [-0.15, -0.1) is 0 Å². The van der Waals surface area contributed by atoms with E-state index in [-0.39, 0.29) is 17.6 Å². The van der Waals surface area contributed by atoms with Crippen molar-refractivity contribution in [1.29, 1.82) is 0 Å². The Morgan fingerprint density at radius 2 is 2.00 bits per heavy atom. The van der Waals surface area contributed by atoms with Gasteiger partial charge in [-0.2, -0.15) is 16.7 Å². The second-order valence-electron chi connectivity index (χ2n) is 8.24. The zero-order valence-electron chi connectivity index (χ0n) is 18.6. The maximum absolute atomic E-state index is 13.6. The molecule has 3 aromatic rings. The van der Waals surface area contributed by atoms with Crippen LogP contribution in [0.4, 0.5) is 4.39 Å². The number of halogens is 1. The number of hydrogen-bond acceptors (Lipinski definition) is 6. The van der Waals surface area contributed by atoms with Crippen LogP contribution >= 0.6 is 11.8 Å². The van der Waals surface area contributed by atoms with Crippen molar-refractivity contribution in [2.45, 2.75) is 31.6 Å². The van der Waals surface area contributed by atoms with Crippen LogP contribution in [0.3, 0.4) is 0 Å². The van der Waals surface area contributed by atoms with E-state index in [1.54, 1.807) is 17.8 Å². The molecular weight excluding hydrogens is 439 g/mol. The number of thioether (sulfide) groups is 1. The highest BCUT2D eigenvalue weighted by Crippen LogP contribution is 2.20. The summed E-state index contributed by atoms with van der Waals surface area (Å²) in [5.74, 6) is 2.62. The molecule has 1 aliphatic heterocycles. The number of benzene rings is 2. The van der Waals surface area contributed by atoms with Crippen LogP contribution < -0.4 is 5.32 Å². The Labute approximate surface area is 197 Å². The molecule has 0 spiro atoms. The van der Waals surface area contributed by atoms with Crippen LogP contribution in [-0.4, -0.2) is 46.3 Å². The molecule has 0 bridgehead atoms. The fourth-order valence-corrected chi connectivity index (χ4v) is 4.90. The Morgan fingerprint density at radius 3 is 2.85 bits per heavy atom. The van der Waals surface area contributed by atoms with E-state index in [4.69, 9.17) is 4.52 Å². The highest BCUT2D eigenvalue weighted by Gasteiger charge is 2.26. The van der Waals surface area contributed by atoms with Gasteiger partial charge in [-0.1, -0.05) is 53.7 Å². The van der Waals surface area contributed by atoms with Crippen LogP contribution in [0.1, 0.15) is 30.7 Å². The molecule has 1 atom stereocenters. The van der Waals surface area contributed by atoms with Gasteiger partial charge in [0.25, 0.3) is 0 Å². The van der Waals surface area contributed by atoms with Crippen molar-refractivity contribution in [1.82, 2.24) is 20.4 Å². The molecule has 1 amide bonds. The summed E-state index contributed by atoms with van der Waals surface area (Å²) in [5.41, 5.74) is 1.65. The Kier molecular flexibility index (Phi) is 8.49. The Morgan fingerprint density at radius 1 is 1.18 bits per heavy atom. The predicted octanol–water partition coefficient (Wildman–Crippen LogP) is 4.53. The fraction of sp³-hybridized carbons (Fsp3) is 0.400. The monoisotopic (exact) mass is 468 g/mol. The lowest BCUT2D eigenvalue weighted by Crippen LogP contribution is -2.43. The summed E-state index contributed by atoms with van der Waals surface area (Å²) in [6, 6.07) is 16.6. The maximum atomic E-state index is 13.6. The zero-order chi connectivity index (χ0) is 22.9. The van der Waals surface area contributed by atoms with Gasteiger partial charge in [-0.05, 0) is 43.2 Å². The number of rotatable bonds is 10. The zero-order valence-corrected chi connectivity index (χ0v) is 19.4. The number of carbonyl (C=O) groups excluding carboxylic acids is 1. The summed E-state index contributed by atoms with van der Waals surface area (Å²) >= 11 is 1.69. The van der Waals surface area contributed by atoms with Crippen molar-refractivity contribution < 1.29 is 13.7 Å². The minimum Gasteiger partial charge on any atom is -0.356 e. The van der Waals surface area contributed by atoms with Gasteiger partial charge in [0.05, 0.1) is 12.5 Å². The smallest absolute Gasteiger partial charge is 0.241 e. The van der Waals surface area contributed by atoms with Gasteiger partial charge in [0.15, 0.2) is 0 Å². The first-order valence-corrected chi connectivity index (χ1v) is 12.5. The Balaban J connectivity index is 1.16. The van der Waals surface area contributed by atoms with Crippen LogP contribution in [-0.2, 0) is 17.1 Å². The third-order valence-corrected chi connectivity index (χ3v) is 6.81. The lowest BCUT2D eigenvalue weighted by Gasteiger charge is -2.30.